The zero-order valence-electron chi connectivity index (χ0n) is 12.2. The average Bonchev–Trinajstić information content (AvgIpc) is 2.53. The van der Waals surface area contributed by atoms with Crippen molar-refractivity contribution in [2.75, 3.05) is 7.11 Å². The first-order valence-electron chi connectivity index (χ1n) is 6.95. The maximum atomic E-state index is 4.82. The minimum atomic E-state index is 1.05. The van der Waals surface area contributed by atoms with Crippen LogP contribution < -0.4 is 0 Å². The highest BCUT2D eigenvalue weighted by Crippen LogP contribution is 2.33. The van der Waals surface area contributed by atoms with Gasteiger partial charge >= 0.3 is 0 Å². The van der Waals surface area contributed by atoms with E-state index < -0.39 is 0 Å². The summed E-state index contributed by atoms with van der Waals surface area (Å²) >= 11 is 0. The van der Waals surface area contributed by atoms with Crippen LogP contribution in [0.1, 0.15) is 11.1 Å². The SMILES string of the molecule is CO/N=C/c1ccccc1-c1c(C)ccc2ccccc12. The van der Waals surface area contributed by atoms with Crippen LogP contribution >= 0.6 is 0 Å². The predicted molar refractivity (Wildman–Crippen MR) is 88.7 cm³/mol. The Morgan fingerprint density at radius 2 is 1.67 bits per heavy atom. The summed E-state index contributed by atoms with van der Waals surface area (Å²) in [6.07, 6.45) is 1.76. The summed E-state index contributed by atoms with van der Waals surface area (Å²) in [5.41, 5.74) is 4.74. The molecule has 0 aliphatic heterocycles. The fourth-order valence-corrected chi connectivity index (χ4v) is 2.68. The second kappa shape index (κ2) is 5.80. The minimum Gasteiger partial charge on any atom is -0.399 e. The first-order valence-corrected chi connectivity index (χ1v) is 6.95. The number of oxime groups is 1. The van der Waals surface area contributed by atoms with Gasteiger partial charge in [0.15, 0.2) is 0 Å². The van der Waals surface area contributed by atoms with Crippen LogP contribution in [0.5, 0.6) is 0 Å². The van der Waals surface area contributed by atoms with Gasteiger partial charge in [-0.25, -0.2) is 0 Å². The molecule has 0 radical (unpaired) electrons. The van der Waals surface area contributed by atoms with Gasteiger partial charge in [0.25, 0.3) is 0 Å². The van der Waals surface area contributed by atoms with Gasteiger partial charge in [0.2, 0.25) is 0 Å². The number of nitrogens with zero attached hydrogens (tertiary/aromatic N) is 1. The molecule has 2 nitrogen and oxygen atoms in total. The zero-order valence-corrected chi connectivity index (χ0v) is 12.2. The van der Waals surface area contributed by atoms with E-state index in [0.29, 0.717) is 0 Å². The third-order valence-corrected chi connectivity index (χ3v) is 3.66. The molecule has 3 aromatic carbocycles. The van der Waals surface area contributed by atoms with Crippen LogP contribution in [0, 0.1) is 6.92 Å². The summed E-state index contributed by atoms with van der Waals surface area (Å²) in [6.45, 7) is 2.14. The highest BCUT2D eigenvalue weighted by atomic mass is 16.6. The molecular formula is C19H17NO. The molecule has 0 aromatic heterocycles. The number of benzene rings is 3. The lowest BCUT2D eigenvalue weighted by molar-refractivity contribution is 0.215. The molecule has 0 unspecified atom stereocenters. The van der Waals surface area contributed by atoms with E-state index in [-0.39, 0.29) is 0 Å². The Balaban J connectivity index is 2.30. The fourth-order valence-electron chi connectivity index (χ4n) is 2.68. The Hall–Kier alpha value is -2.61. The van der Waals surface area contributed by atoms with Crippen LogP contribution in [-0.2, 0) is 4.84 Å². The highest BCUT2D eigenvalue weighted by Gasteiger charge is 2.10. The number of hydrogen-bond donors (Lipinski definition) is 0. The lowest BCUT2D eigenvalue weighted by Crippen LogP contribution is -1.92. The van der Waals surface area contributed by atoms with E-state index in [1.807, 2.05) is 6.07 Å². The summed E-state index contributed by atoms with van der Waals surface area (Å²) < 4.78 is 0. The second-order valence-electron chi connectivity index (χ2n) is 4.98. The third kappa shape index (κ3) is 2.52. The Bertz CT molecular complexity index is 806. The predicted octanol–water partition coefficient (Wildman–Crippen LogP) is 4.80. The first kappa shape index (κ1) is 13.4. The molecule has 3 rings (SSSR count). The Labute approximate surface area is 124 Å². The molecule has 0 spiro atoms. The molecule has 0 aliphatic carbocycles. The van der Waals surface area contributed by atoms with Gasteiger partial charge in [-0.3, -0.25) is 0 Å². The topological polar surface area (TPSA) is 21.6 Å². The molecule has 0 heterocycles. The molecule has 0 amide bonds. The van der Waals surface area contributed by atoms with Gasteiger partial charge in [-0.2, -0.15) is 0 Å². The van der Waals surface area contributed by atoms with Crippen LogP contribution in [0.3, 0.4) is 0 Å². The third-order valence-electron chi connectivity index (χ3n) is 3.66. The van der Waals surface area contributed by atoms with Crippen molar-refractivity contribution in [2.45, 2.75) is 6.92 Å². The lowest BCUT2D eigenvalue weighted by atomic mass is 9.91. The van der Waals surface area contributed by atoms with Gasteiger partial charge < -0.3 is 4.84 Å². The highest BCUT2D eigenvalue weighted by molar-refractivity contribution is 6.02. The van der Waals surface area contributed by atoms with E-state index in [1.165, 1.54) is 27.5 Å². The quantitative estimate of drug-likeness (QED) is 0.497. The zero-order chi connectivity index (χ0) is 14.7. The number of rotatable bonds is 3. The largest absolute Gasteiger partial charge is 0.399 e. The van der Waals surface area contributed by atoms with E-state index in [2.05, 4.69) is 66.7 Å². The van der Waals surface area contributed by atoms with E-state index in [9.17, 15) is 0 Å². The number of fused-ring (bicyclic) bond motifs is 1. The maximum Gasteiger partial charge on any atom is 0.106 e. The molecule has 0 saturated heterocycles. The molecule has 0 saturated carbocycles. The average molecular weight is 275 g/mol. The molecule has 21 heavy (non-hydrogen) atoms. The molecule has 0 bridgehead atoms. The molecule has 2 heteroatoms. The van der Waals surface area contributed by atoms with Crippen molar-refractivity contribution in [3.05, 3.63) is 71.8 Å². The van der Waals surface area contributed by atoms with Crippen molar-refractivity contribution in [2.24, 2.45) is 5.16 Å². The van der Waals surface area contributed by atoms with Gasteiger partial charge in [-0.05, 0) is 34.4 Å². The van der Waals surface area contributed by atoms with Crippen LogP contribution in [0.2, 0.25) is 0 Å². The summed E-state index contributed by atoms with van der Waals surface area (Å²) in [5.74, 6) is 0. The minimum absolute atomic E-state index is 1.05. The normalized spacial score (nSPS) is 11.1. The van der Waals surface area contributed by atoms with Gasteiger partial charge in [0.05, 0.1) is 6.21 Å². The molecule has 0 atom stereocenters. The van der Waals surface area contributed by atoms with Gasteiger partial charge in [0.1, 0.15) is 7.11 Å². The molecule has 3 aromatic rings. The van der Waals surface area contributed by atoms with Crippen LogP contribution in [-0.4, -0.2) is 13.3 Å². The van der Waals surface area contributed by atoms with Crippen molar-refractivity contribution in [3.63, 3.8) is 0 Å². The van der Waals surface area contributed by atoms with Gasteiger partial charge in [-0.1, -0.05) is 65.8 Å². The summed E-state index contributed by atoms with van der Waals surface area (Å²) in [7, 11) is 1.56. The maximum absolute atomic E-state index is 4.82. The van der Waals surface area contributed by atoms with Crippen LogP contribution in [0.15, 0.2) is 65.8 Å². The Morgan fingerprint density at radius 3 is 2.52 bits per heavy atom. The summed E-state index contributed by atoms with van der Waals surface area (Å²) in [6, 6.07) is 21.1. The van der Waals surface area contributed by atoms with E-state index in [4.69, 9.17) is 4.84 Å². The van der Waals surface area contributed by atoms with Crippen molar-refractivity contribution in [1.29, 1.82) is 0 Å². The molecule has 104 valence electrons. The molecular weight excluding hydrogens is 258 g/mol. The molecule has 0 N–H and O–H groups in total. The monoisotopic (exact) mass is 275 g/mol. The smallest absolute Gasteiger partial charge is 0.106 e. The molecule has 0 aliphatic rings. The van der Waals surface area contributed by atoms with Crippen LogP contribution in [0.4, 0.5) is 0 Å². The van der Waals surface area contributed by atoms with Crippen molar-refractivity contribution in [1.82, 2.24) is 0 Å². The Morgan fingerprint density at radius 1 is 0.905 bits per heavy atom. The van der Waals surface area contributed by atoms with Gasteiger partial charge in [-0.15, -0.1) is 0 Å². The van der Waals surface area contributed by atoms with E-state index in [0.717, 1.165) is 5.56 Å². The van der Waals surface area contributed by atoms with Gasteiger partial charge in [0, 0.05) is 5.56 Å². The van der Waals surface area contributed by atoms with Crippen LogP contribution in [0.25, 0.3) is 21.9 Å². The van der Waals surface area contributed by atoms with E-state index in [1.54, 1.807) is 13.3 Å². The van der Waals surface area contributed by atoms with Crippen molar-refractivity contribution in [3.8, 4) is 11.1 Å². The first-order chi connectivity index (χ1) is 10.3. The molecule has 0 fully saturated rings. The fraction of sp³-hybridized carbons (Fsp3) is 0.105. The summed E-state index contributed by atoms with van der Waals surface area (Å²) in [5, 5.41) is 6.42. The Kier molecular flexibility index (Phi) is 3.69. The lowest BCUT2D eigenvalue weighted by Gasteiger charge is -2.13. The number of hydrogen-bond acceptors (Lipinski definition) is 2. The van der Waals surface area contributed by atoms with Crippen molar-refractivity contribution < 1.29 is 4.84 Å². The van der Waals surface area contributed by atoms with Crippen molar-refractivity contribution >= 4 is 17.0 Å². The second-order valence-corrected chi connectivity index (χ2v) is 4.98. The van der Waals surface area contributed by atoms with E-state index >= 15 is 0 Å². The number of aryl methyl sites for hydroxylation is 1. The standard InChI is InChI=1S/C19H17NO/c1-14-11-12-15-7-3-5-9-17(15)19(14)18-10-6-4-8-16(18)13-20-21-2/h3-13H,1-2H3/b20-13+. The summed E-state index contributed by atoms with van der Waals surface area (Å²) in [4.78, 5) is 4.82.